The molecule has 0 aromatic carbocycles. The molecule has 0 radical (unpaired) electrons. The van der Waals surface area contributed by atoms with Crippen LogP contribution in [0.15, 0.2) is 6.08 Å². The third-order valence-corrected chi connectivity index (χ3v) is 9.67. The number of hydrogen-bond donors (Lipinski definition) is 2. The van der Waals surface area contributed by atoms with Gasteiger partial charge in [0.25, 0.3) is 0 Å². The summed E-state index contributed by atoms with van der Waals surface area (Å²) in [5, 5.41) is 18.3. The van der Waals surface area contributed by atoms with Crippen molar-refractivity contribution in [2.24, 2.45) is 22.7 Å². The first kappa shape index (κ1) is 30.5. The van der Waals surface area contributed by atoms with Crippen LogP contribution in [0, 0.1) is 29.2 Å². The van der Waals surface area contributed by atoms with Crippen LogP contribution in [0.3, 0.4) is 0 Å². The molecule has 6 aliphatic rings. The number of rotatable bonds is 7. The second kappa shape index (κ2) is 10.4. The van der Waals surface area contributed by atoms with Crippen LogP contribution in [0.2, 0.25) is 0 Å². The van der Waals surface area contributed by atoms with Crippen molar-refractivity contribution < 1.29 is 74.3 Å². The summed E-state index contributed by atoms with van der Waals surface area (Å²) in [6, 6.07) is -2.66. The van der Waals surface area contributed by atoms with Crippen molar-refractivity contribution in [2.45, 2.75) is 76.0 Å². The minimum atomic E-state index is -1.42. The van der Waals surface area contributed by atoms with E-state index in [1.54, 1.807) is 13.8 Å². The number of amides is 4. The van der Waals surface area contributed by atoms with Crippen LogP contribution in [0.5, 0.6) is 0 Å². The van der Waals surface area contributed by atoms with Crippen LogP contribution < -0.4 is 0 Å². The molecule has 6 fully saturated rings. The van der Waals surface area contributed by atoms with Crippen LogP contribution in [-0.2, 0) is 64.0 Å². The van der Waals surface area contributed by atoms with E-state index in [9.17, 15) is 28.8 Å². The smallest absolute Gasteiger partial charge is 0.329 e. The van der Waals surface area contributed by atoms with Gasteiger partial charge < -0.3 is 31.0 Å². The van der Waals surface area contributed by atoms with Crippen molar-refractivity contribution in [3.63, 3.8) is 0 Å². The maximum atomic E-state index is 12.7. The normalized spacial score (nSPS) is 39.9. The average Bonchev–Trinajstić information content (AvgIpc) is 3.71. The molecule has 0 spiro atoms. The predicted molar refractivity (Wildman–Crippen MR) is 126 cm³/mol. The zero-order valence-electron chi connectivity index (χ0n) is 22.2. The van der Waals surface area contributed by atoms with Crippen molar-refractivity contribution in [2.75, 3.05) is 13.7 Å². The van der Waals surface area contributed by atoms with E-state index in [2.05, 4.69) is 0 Å². The molecule has 6 heterocycles. The third kappa shape index (κ3) is 3.80. The van der Waals surface area contributed by atoms with E-state index in [0.717, 1.165) is 28.7 Å². The monoisotopic (exact) mass is 731 g/mol. The van der Waals surface area contributed by atoms with Gasteiger partial charge in [-0.15, -0.1) is 0 Å². The number of fused-ring (bicyclic) bond motifs is 10. The molecule has 9 unspecified atom stereocenters. The third-order valence-electron chi connectivity index (χ3n) is 9.67. The quantitative estimate of drug-likeness (QED) is 0.258. The molecule has 10 atom stereocenters. The number of carbonyl (C=O) groups is 6. The van der Waals surface area contributed by atoms with Crippen LogP contribution in [0.1, 0.15) is 39.5 Å². The number of hydrogen-bond acceptors (Lipinski definition) is 9. The summed E-state index contributed by atoms with van der Waals surface area (Å²) >= 11 is 0. The van der Waals surface area contributed by atoms with Crippen molar-refractivity contribution in [1.82, 2.24) is 9.80 Å². The Morgan fingerprint density at radius 2 is 1.40 bits per heavy atom. The fourth-order valence-electron chi connectivity index (χ4n) is 7.46. The van der Waals surface area contributed by atoms with Gasteiger partial charge in [0.15, 0.2) is 6.04 Å². The second-order valence-electron chi connectivity index (χ2n) is 11.2. The fraction of sp³-hybridized carbons (Fsp3) is 0.692. The number of imide groups is 2. The van der Waals surface area contributed by atoms with Crippen molar-refractivity contribution in [1.29, 1.82) is 0 Å². The van der Waals surface area contributed by atoms with E-state index >= 15 is 0 Å². The Labute approximate surface area is 244 Å². The summed E-state index contributed by atoms with van der Waals surface area (Å²) in [4.78, 5) is 74.1. The Kier molecular flexibility index (Phi) is 7.94. The molecule has 4 bridgehead atoms. The number of carboxylic acids is 2. The molecule has 2 N–H and O–H groups in total. The molecule has 0 aromatic rings. The summed E-state index contributed by atoms with van der Waals surface area (Å²) in [6.45, 7) is 8.53. The van der Waals surface area contributed by atoms with Crippen LogP contribution >= 0.6 is 0 Å². The number of carbonyl (C=O) groups excluding carboxylic acids is 4. The predicted octanol–water partition coefficient (Wildman–Crippen LogP) is -0.383. The van der Waals surface area contributed by atoms with Crippen LogP contribution in [0.4, 0.5) is 0 Å². The van der Waals surface area contributed by atoms with Gasteiger partial charge in [0, 0.05) is 28.2 Å². The number of ether oxygens (including phenoxy) is 3. The van der Waals surface area contributed by atoms with Gasteiger partial charge in [-0.25, -0.2) is 15.7 Å². The molecule has 6 aliphatic heterocycles. The van der Waals surface area contributed by atoms with Crippen molar-refractivity contribution in [3.05, 3.63) is 12.7 Å². The number of nitrogens with zero attached hydrogens (tertiary/aromatic N) is 2. The molecule has 0 saturated carbocycles. The van der Waals surface area contributed by atoms with Crippen LogP contribution in [-0.4, -0.2) is 106 Å². The van der Waals surface area contributed by atoms with E-state index in [1.807, 2.05) is 0 Å². The first-order valence-electron chi connectivity index (χ1n) is 12.9. The topological polar surface area (TPSA) is 177 Å². The molecular weight excluding hydrogens is 700 g/mol. The Morgan fingerprint density at radius 1 is 0.925 bits per heavy atom. The standard InChI is InChI=1S/C14H16NO5.C12H15NO6.W/c1-4-7(10(16)17)15-11(18)13(2)8-5-6-9(20-8)14(13,3)12(15)19;1-18-4-5(12(16)17)13-10(14)8-6-2-3-7(19-6)9(8)11(13)15;/h1,4,7-9H,5-6H2,2-3H3,(H,16,17);5-9H,2-4H2,1H3,(H,16,17);/q-1;;/t7?,8?,9?,13-,14?;;/m0../s1. The first-order chi connectivity index (χ1) is 18.4. The van der Waals surface area contributed by atoms with E-state index in [0.29, 0.717) is 12.8 Å². The minimum absolute atomic E-state index is 0. The Balaban J connectivity index is 0.000000181. The van der Waals surface area contributed by atoms with Gasteiger partial charge in [-0.1, -0.05) is 0 Å². The van der Waals surface area contributed by atoms with Gasteiger partial charge in [0.1, 0.15) is 6.04 Å². The van der Waals surface area contributed by atoms with Gasteiger partial charge in [0.05, 0.1) is 53.7 Å². The van der Waals surface area contributed by atoms with Gasteiger partial charge in [-0.3, -0.25) is 29.0 Å². The molecule has 0 aliphatic carbocycles. The largest absolute Gasteiger partial charge is 0.515 e. The molecule has 6 saturated heterocycles. The SMILES string of the molecule is COCC(C(=O)O)N1C(=O)C2C3CCC(O3)C2C1=O.[CH-]=CC(C(=O)O)N1C(=O)C2(C)C3CCC(O3)[C@@]2(C)C1=O.[W]. The number of carboxylic acid groups (broad SMARTS) is 2. The van der Waals surface area contributed by atoms with E-state index in [-0.39, 0.29) is 52.1 Å². The van der Waals surface area contributed by atoms with Gasteiger partial charge in [-0.2, -0.15) is 0 Å². The summed E-state index contributed by atoms with van der Waals surface area (Å²) < 4.78 is 16.1. The summed E-state index contributed by atoms with van der Waals surface area (Å²) in [5.74, 6) is -5.36. The zero-order chi connectivity index (χ0) is 28.6. The Morgan fingerprint density at radius 3 is 1.77 bits per heavy atom. The molecule has 40 heavy (non-hydrogen) atoms. The van der Waals surface area contributed by atoms with E-state index in [4.69, 9.17) is 31.0 Å². The molecular formula is C26H31N2O11W-. The first-order valence-corrected chi connectivity index (χ1v) is 12.9. The zero-order valence-corrected chi connectivity index (χ0v) is 25.1. The summed E-state index contributed by atoms with van der Waals surface area (Å²) in [6.07, 6.45) is 2.72. The second-order valence-corrected chi connectivity index (χ2v) is 11.2. The maximum Gasteiger partial charge on any atom is 0.329 e. The molecule has 0 aromatic heterocycles. The van der Waals surface area contributed by atoms with Crippen molar-refractivity contribution >= 4 is 35.6 Å². The minimum Gasteiger partial charge on any atom is -0.515 e. The maximum absolute atomic E-state index is 12.7. The molecule has 218 valence electrons. The van der Waals surface area contributed by atoms with Crippen LogP contribution in [0.25, 0.3) is 0 Å². The Bertz CT molecular complexity index is 1120. The van der Waals surface area contributed by atoms with Gasteiger partial charge in [-0.05, 0) is 39.5 Å². The molecule has 6 rings (SSSR count). The van der Waals surface area contributed by atoms with Crippen molar-refractivity contribution in [3.8, 4) is 0 Å². The summed E-state index contributed by atoms with van der Waals surface area (Å²) in [5.41, 5.74) is -1.99. The average molecular weight is 731 g/mol. The van der Waals surface area contributed by atoms with Gasteiger partial charge in [0.2, 0.25) is 23.6 Å². The van der Waals surface area contributed by atoms with Gasteiger partial charge >= 0.3 is 11.9 Å². The van der Waals surface area contributed by atoms with E-state index in [1.165, 1.54) is 7.11 Å². The fourth-order valence-corrected chi connectivity index (χ4v) is 7.46. The summed E-state index contributed by atoms with van der Waals surface area (Å²) in [7, 11) is 1.34. The van der Waals surface area contributed by atoms with E-state index < -0.39 is 70.3 Å². The molecule has 4 amide bonds. The molecule has 13 nitrogen and oxygen atoms in total. The number of likely N-dealkylation sites (tertiary alicyclic amines) is 2. The number of aliphatic carboxylic acids is 2. The number of methoxy groups -OCH3 is 1. The Hall–Kier alpha value is -2.47. The molecule has 14 heteroatoms.